The molecule has 5 heteroatoms. The van der Waals surface area contributed by atoms with E-state index in [1.807, 2.05) is 6.92 Å². The molecule has 0 aromatic rings. The average Bonchev–Trinajstić information content (AvgIpc) is 2.24. The van der Waals surface area contributed by atoms with Gasteiger partial charge in [0.05, 0.1) is 6.04 Å². The molecule has 1 saturated heterocycles. The molecule has 0 aliphatic carbocycles. The number of hydrogen-bond donors (Lipinski definition) is 1. The van der Waals surface area contributed by atoms with Gasteiger partial charge in [0.1, 0.15) is 5.54 Å². The molecule has 5 nitrogen and oxygen atoms in total. The van der Waals surface area contributed by atoms with E-state index in [2.05, 4.69) is 0 Å². The topological polar surface area (TPSA) is 66.6 Å². The minimum absolute atomic E-state index is 0.0320. The highest BCUT2D eigenvalue weighted by molar-refractivity contribution is 5.93. The molecule has 0 aromatic heterocycles. The summed E-state index contributed by atoms with van der Waals surface area (Å²) >= 11 is 0. The van der Waals surface area contributed by atoms with E-state index in [4.69, 9.17) is 5.73 Å². The summed E-state index contributed by atoms with van der Waals surface area (Å²) in [6, 6.07) is -0.504. The van der Waals surface area contributed by atoms with E-state index in [-0.39, 0.29) is 11.8 Å². The fourth-order valence-corrected chi connectivity index (χ4v) is 1.97. The fourth-order valence-electron chi connectivity index (χ4n) is 1.97. The first-order valence-electron chi connectivity index (χ1n) is 5.65. The summed E-state index contributed by atoms with van der Waals surface area (Å²) in [6.45, 7) is 6.54. The van der Waals surface area contributed by atoms with Gasteiger partial charge in [-0.1, -0.05) is 6.92 Å². The molecule has 1 aliphatic heterocycles. The van der Waals surface area contributed by atoms with Crippen LogP contribution in [0, 0.1) is 0 Å². The Balaban J connectivity index is 2.90. The SMILES string of the molecule is CC[C@@H](N)C(=O)N1CCN(C)C(=O)C1(C)C. The van der Waals surface area contributed by atoms with Crippen molar-refractivity contribution in [2.75, 3.05) is 20.1 Å². The van der Waals surface area contributed by atoms with Crippen molar-refractivity contribution < 1.29 is 9.59 Å². The summed E-state index contributed by atoms with van der Waals surface area (Å²) in [7, 11) is 1.76. The van der Waals surface area contributed by atoms with Gasteiger partial charge in [0.25, 0.3) is 0 Å². The number of amides is 2. The highest BCUT2D eigenvalue weighted by Crippen LogP contribution is 2.22. The number of carbonyl (C=O) groups is 2. The molecule has 2 amide bonds. The van der Waals surface area contributed by atoms with Gasteiger partial charge in [0.2, 0.25) is 11.8 Å². The number of piperazine rings is 1. The van der Waals surface area contributed by atoms with Crippen molar-refractivity contribution >= 4 is 11.8 Å². The van der Waals surface area contributed by atoms with Crippen molar-refractivity contribution in [1.29, 1.82) is 0 Å². The van der Waals surface area contributed by atoms with Gasteiger partial charge in [-0.2, -0.15) is 0 Å². The molecule has 0 radical (unpaired) electrons. The second-order valence-corrected chi connectivity index (χ2v) is 4.79. The molecule has 1 heterocycles. The summed E-state index contributed by atoms with van der Waals surface area (Å²) in [5.41, 5.74) is 4.95. The van der Waals surface area contributed by atoms with Gasteiger partial charge in [-0.25, -0.2) is 0 Å². The van der Waals surface area contributed by atoms with Gasteiger partial charge in [-0.05, 0) is 20.3 Å². The Morgan fingerprint density at radius 3 is 2.56 bits per heavy atom. The summed E-state index contributed by atoms with van der Waals surface area (Å²) in [5.74, 6) is -0.163. The van der Waals surface area contributed by atoms with Crippen molar-refractivity contribution in [2.24, 2.45) is 5.73 Å². The lowest BCUT2D eigenvalue weighted by atomic mass is 9.96. The second kappa shape index (κ2) is 4.41. The lowest BCUT2D eigenvalue weighted by molar-refractivity contribution is -0.158. The third-order valence-electron chi connectivity index (χ3n) is 3.23. The molecular formula is C11H21N3O2. The number of nitrogens with two attached hydrogens (primary N) is 1. The maximum atomic E-state index is 12.0. The number of nitrogens with zero attached hydrogens (tertiary/aromatic N) is 2. The summed E-state index contributed by atoms with van der Waals surface area (Å²) < 4.78 is 0. The van der Waals surface area contributed by atoms with Crippen LogP contribution in [-0.4, -0.2) is 53.3 Å². The van der Waals surface area contributed by atoms with E-state index in [1.54, 1.807) is 30.7 Å². The Morgan fingerprint density at radius 2 is 2.06 bits per heavy atom. The molecular weight excluding hydrogens is 206 g/mol. The van der Waals surface area contributed by atoms with Crippen molar-refractivity contribution in [3.8, 4) is 0 Å². The van der Waals surface area contributed by atoms with Crippen molar-refractivity contribution in [2.45, 2.75) is 38.8 Å². The Labute approximate surface area is 96.6 Å². The van der Waals surface area contributed by atoms with Crippen molar-refractivity contribution in [3.63, 3.8) is 0 Å². The summed E-state index contributed by atoms with van der Waals surface area (Å²) in [5, 5.41) is 0. The molecule has 1 atom stereocenters. The van der Waals surface area contributed by atoms with Gasteiger partial charge in [0, 0.05) is 20.1 Å². The lowest BCUT2D eigenvalue weighted by Crippen LogP contribution is -2.65. The highest BCUT2D eigenvalue weighted by atomic mass is 16.2. The lowest BCUT2D eigenvalue weighted by Gasteiger charge is -2.45. The smallest absolute Gasteiger partial charge is 0.247 e. The Morgan fingerprint density at radius 1 is 1.50 bits per heavy atom. The maximum Gasteiger partial charge on any atom is 0.247 e. The van der Waals surface area contributed by atoms with Crippen LogP contribution in [0.25, 0.3) is 0 Å². The molecule has 1 fully saturated rings. The first-order chi connectivity index (χ1) is 7.32. The van der Waals surface area contributed by atoms with Crippen molar-refractivity contribution in [1.82, 2.24) is 9.80 Å². The monoisotopic (exact) mass is 227 g/mol. The zero-order chi connectivity index (χ0) is 12.5. The predicted octanol–water partition coefficient (Wildman–Crippen LogP) is -0.197. The fraction of sp³-hybridized carbons (Fsp3) is 0.818. The van der Waals surface area contributed by atoms with Crippen LogP contribution in [-0.2, 0) is 9.59 Å². The minimum atomic E-state index is -0.781. The van der Waals surface area contributed by atoms with Crippen LogP contribution in [0.15, 0.2) is 0 Å². The van der Waals surface area contributed by atoms with Crippen LogP contribution in [0.5, 0.6) is 0 Å². The number of rotatable bonds is 2. The van der Waals surface area contributed by atoms with E-state index in [0.717, 1.165) is 0 Å². The molecule has 92 valence electrons. The molecule has 0 spiro atoms. The van der Waals surface area contributed by atoms with Gasteiger partial charge >= 0.3 is 0 Å². The Bertz CT molecular complexity index is 302. The highest BCUT2D eigenvalue weighted by Gasteiger charge is 2.43. The average molecular weight is 227 g/mol. The number of carbonyl (C=O) groups excluding carboxylic acids is 2. The second-order valence-electron chi connectivity index (χ2n) is 4.79. The first kappa shape index (κ1) is 13.0. The zero-order valence-corrected chi connectivity index (χ0v) is 10.5. The number of likely N-dealkylation sites (N-methyl/N-ethyl adjacent to an activating group) is 1. The van der Waals surface area contributed by atoms with Crippen LogP contribution in [0.4, 0.5) is 0 Å². The van der Waals surface area contributed by atoms with Crippen LogP contribution in [0.2, 0.25) is 0 Å². The Hall–Kier alpha value is -1.10. The molecule has 1 aliphatic rings. The number of hydrogen-bond acceptors (Lipinski definition) is 3. The van der Waals surface area contributed by atoms with E-state index < -0.39 is 11.6 Å². The van der Waals surface area contributed by atoms with Crippen LogP contribution < -0.4 is 5.73 Å². The van der Waals surface area contributed by atoms with Gasteiger partial charge in [0.15, 0.2) is 0 Å². The minimum Gasteiger partial charge on any atom is -0.342 e. The first-order valence-corrected chi connectivity index (χ1v) is 5.65. The van der Waals surface area contributed by atoms with Gasteiger partial charge in [-0.15, -0.1) is 0 Å². The summed E-state index contributed by atoms with van der Waals surface area (Å²) in [6.07, 6.45) is 0.593. The normalized spacial score (nSPS) is 22.2. The molecule has 0 unspecified atom stereocenters. The van der Waals surface area contributed by atoms with Crippen LogP contribution in [0.3, 0.4) is 0 Å². The van der Waals surface area contributed by atoms with Crippen molar-refractivity contribution in [3.05, 3.63) is 0 Å². The largest absolute Gasteiger partial charge is 0.342 e. The van der Waals surface area contributed by atoms with Crippen LogP contribution in [0.1, 0.15) is 27.2 Å². The van der Waals surface area contributed by atoms with Gasteiger partial charge < -0.3 is 15.5 Å². The third-order valence-corrected chi connectivity index (χ3v) is 3.23. The molecule has 0 saturated carbocycles. The molecule has 0 bridgehead atoms. The Kier molecular flexibility index (Phi) is 3.57. The molecule has 16 heavy (non-hydrogen) atoms. The van der Waals surface area contributed by atoms with E-state index in [0.29, 0.717) is 19.5 Å². The zero-order valence-electron chi connectivity index (χ0n) is 10.5. The predicted molar refractivity (Wildman–Crippen MR) is 61.7 cm³/mol. The quantitative estimate of drug-likeness (QED) is 0.710. The van der Waals surface area contributed by atoms with E-state index in [1.165, 1.54) is 0 Å². The van der Waals surface area contributed by atoms with Gasteiger partial charge in [-0.3, -0.25) is 9.59 Å². The standard InChI is InChI=1S/C11H21N3O2/c1-5-8(12)9(15)14-7-6-13(4)10(16)11(14,2)3/h8H,5-7,12H2,1-4H3/t8-/m1/s1. The third kappa shape index (κ3) is 2.04. The maximum absolute atomic E-state index is 12.0. The van der Waals surface area contributed by atoms with E-state index in [9.17, 15) is 9.59 Å². The molecule has 0 aromatic carbocycles. The molecule has 1 rings (SSSR count). The molecule has 2 N–H and O–H groups in total. The van der Waals surface area contributed by atoms with E-state index >= 15 is 0 Å². The van der Waals surface area contributed by atoms with Crippen LogP contribution >= 0.6 is 0 Å². The summed E-state index contributed by atoms with van der Waals surface area (Å²) in [4.78, 5) is 27.2.